The Morgan fingerprint density at radius 3 is 2.75 bits per heavy atom. The lowest BCUT2D eigenvalue weighted by atomic mass is 10.1. The van der Waals surface area contributed by atoms with Crippen molar-refractivity contribution in [1.29, 1.82) is 0 Å². The summed E-state index contributed by atoms with van der Waals surface area (Å²) in [6.07, 6.45) is 2.60. The Bertz CT molecular complexity index is 210. The number of carbonyl (C=O) groups excluding carboxylic acids is 1. The summed E-state index contributed by atoms with van der Waals surface area (Å²) >= 11 is 0. The minimum Gasteiger partial charge on any atom is -0.380 e. The zero-order valence-electron chi connectivity index (χ0n) is 10.1. The monoisotopic (exact) mass is 250 g/mol. The van der Waals surface area contributed by atoms with Crippen LogP contribution in [0.15, 0.2) is 0 Å². The lowest BCUT2D eigenvalue weighted by molar-refractivity contribution is -0.132. The Balaban J connectivity index is 0.00000225. The van der Waals surface area contributed by atoms with E-state index in [9.17, 15) is 4.79 Å². The number of carbonyl (C=O) groups is 1. The third-order valence-corrected chi connectivity index (χ3v) is 3.21. The van der Waals surface area contributed by atoms with Crippen LogP contribution in [0, 0.1) is 5.92 Å². The number of nitrogens with two attached hydrogens (primary N) is 1. The van der Waals surface area contributed by atoms with E-state index >= 15 is 0 Å². The second-order valence-corrected chi connectivity index (χ2v) is 4.20. The molecule has 0 saturated carbocycles. The molecule has 1 rings (SSSR count). The van der Waals surface area contributed by atoms with Gasteiger partial charge in [0.1, 0.15) is 0 Å². The van der Waals surface area contributed by atoms with Gasteiger partial charge in [-0.25, -0.2) is 0 Å². The van der Waals surface area contributed by atoms with Crippen LogP contribution < -0.4 is 5.73 Å². The molecule has 1 aliphatic rings. The first-order chi connectivity index (χ1) is 7.21. The molecule has 5 heteroatoms. The molecule has 4 nitrogen and oxygen atoms in total. The van der Waals surface area contributed by atoms with Crippen LogP contribution in [0.3, 0.4) is 0 Å². The van der Waals surface area contributed by atoms with E-state index in [2.05, 4.69) is 6.92 Å². The molecule has 0 aliphatic carbocycles. The maximum atomic E-state index is 11.8. The molecule has 16 heavy (non-hydrogen) atoms. The van der Waals surface area contributed by atoms with Crippen LogP contribution >= 0.6 is 12.4 Å². The van der Waals surface area contributed by atoms with Crippen molar-refractivity contribution in [2.45, 2.75) is 32.3 Å². The topological polar surface area (TPSA) is 55.6 Å². The Morgan fingerprint density at radius 1 is 1.62 bits per heavy atom. The average Bonchev–Trinajstić information content (AvgIpc) is 2.74. The van der Waals surface area contributed by atoms with Crippen LogP contribution in [0.5, 0.6) is 0 Å². The Hall–Kier alpha value is -0.320. The summed E-state index contributed by atoms with van der Waals surface area (Å²) in [5.41, 5.74) is 5.49. The fraction of sp³-hybridized carbons (Fsp3) is 0.909. The van der Waals surface area contributed by atoms with Gasteiger partial charge in [0.25, 0.3) is 0 Å². The third kappa shape index (κ3) is 4.28. The molecule has 96 valence electrons. The maximum Gasteiger partial charge on any atom is 0.225 e. The van der Waals surface area contributed by atoms with Gasteiger partial charge in [-0.15, -0.1) is 12.4 Å². The molecule has 0 aromatic carbocycles. The number of methoxy groups -OCH3 is 1. The van der Waals surface area contributed by atoms with Crippen molar-refractivity contribution >= 4 is 18.3 Å². The minimum atomic E-state index is -0.127. The van der Waals surface area contributed by atoms with Gasteiger partial charge in [0, 0.05) is 26.7 Å². The van der Waals surface area contributed by atoms with Crippen molar-refractivity contribution in [2.24, 2.45) is 11.7 Å². The maximum absolute atomic E-state index is 11.8. The number of hydrogen-bond donors (Lipinski definition) is 1. The summed E-state index contributed by atoms with van der Waals surface area (Å²) < 4.78 is 5.11. The van der Waals surface area contributed by atoms with E-state index in [1.54, 1.807) is 7.11 Å². The van der Waals surface area contributed by atoms with E-state index in [4.69, 9.17) is 10.5 Å². The molecule has 1 amide bonds. The SMILES string of the molecule is CCC1CCN(C(=O)CC(CN)OC)C1.Cl. The van der Waals surface area contributed by atoms with Gasteiger partial charge in [0.15, 0.2) is 0 Å². The summed E-state index contributed by atoms with van der Waals surface area (Å²) in [6.45, 7) is 4.40. The van der Waals surface area contributed by atoms with E-state index in [0.29, 0.717) is 18.9 Å². The molecule has 0 spiro atoms. The summed E-state index contributed by atoms with van der Waals surface area (Å²) in [5.74, 6) is 0.871. The van der Waals surface area contributed by atoms with Gasteiger partial charge in [-0.3, -0.25) is 4.79 Å². The van der Waals surface area contributed by atoms with E-state index in [1.165, 1.54) is 0 Å². The standard InChI is InChI=1S/C11H22N2O2.ClH/c1-3-9-4-5-13(8-9)11(14)6-10(7-12)15-2;/h9-10H,3-8,12H2,1-2H3;1H. The van der Waals surface area contributed by atoms with Gasteiger partial charge in [-0.2, -0.15) is 0 Å². The number of nitrogens with zero attached hydrogens (tertiary/aromatic N) is 1. The van der Waals surface area contributed by atoms with E-state index in [1.807, 2.05) is 4.90 Å². The van der Waals surface area contributed by atoms with Gasteiger partial charge in [0.05, 0.1) is 12.5 Å². The molecule has 0 aromatic rings. The van der Waals surface area contributed by atoms with Crippen LogP contribution in [0.1, 0.15) is 26.2 Å². The van der Waals surface area contributed by atoms with Crippen molar-refractivity contribution < 1.29 is 9.53 Å². The number of amides is 1. The molecule has 1 fully saturated rings. The third-order valence-electron chi connectivity index (χ3n) is 3.21. The van der Waals surface area contributed by atoms with E-state index < -0.39 is 0 Å². The highest BCUT2D eigenvalue weighted by Gasteiger charge is 2.26. The molecule has 0 radical (unpaired) electrons. The zero-order valence-corrected chi connectivity index (χ0v) is 11.0. The number of halogens is 1. The Morgan fingerprint density at radius 2 is 2.31 bits per heavy atom. The summed E-state index contributed by atoms with van der Waals surface area (Å²) in [4.78, 5) is 13.8. The predicted octanol–water partition coefficient (Wildman–Crippen LogP) is 1.03. The highest BCUT2D eigenvalue weighted by Crippen LogP contribution is 2.20. The van der Waals surface area contributed by atoms with Gasteiger partial charge >= 0.3 is 0 Å². The number of likely N-dealkylation sites (tertiary alicyclic amines) is 1. The van der Waals surface area contributed by atoms with Crippen molar-refractivity contribution in [3.05, 3.63) is 0 Å². The smallest absolute Gasteiger partial charge is 0.225 e. The van der Waals surface area contributed by atoms with Gasteiger partial charge < -0.3 is 15.4 Å². The van der Waals surface area contributed by atoms with Crippen molar-refractivity contribution in [3.63, 3.8) is 0 Å². The second-order valence-electron chi connectivity index (χ2n) is 4.20. The summed E-state index contributed by atoms with van der Waals surface area (Å²) in [5, 5.41) is 0. The molecule has 0 bridgehead atoms. The highest BCUT2D eigenvalue weighted by molar-refractivity contribution is 5.85. The second kappa shape index (κ2) is 7.87. The van der Waals surface area contributed by atoms with E-state index in [-0.39, 0.29) is 24.4 Å². The van der Waals surface area contributed by atoms with Crippen LogP contribution in [0.4, 0.5) is 0 Å². The molecule has 2 N–H and O–H groups in total. The zero-order chi connectivity index (χ0) is 11.3. The fourth-order valence-corrected chi connectivity index (χ4v) is 1.98. The van der Waals surface area contributed by atoms with Crippen molar-refractivity contribution in [1.82, 2.24) is 4.90 Å². The van der Waals surface area contributed by atoms with E-state index in [0.717, 1.165) is 25.9 Å². The average molecular weight is 251 g/mol. The van der Waals surface area contributed by atoms with Crippen LogP contribution in [0.2, 0.25) is 0 Å². The quantitative estimate of drug-likeness (QED) is 0.793. The summed E-state index contributed by atoms with van der Waals surface area (Å²) in [7, 11) is 1.60. The van der Waals surface area contributed by atoms with Crippen molar-refractivity contribution in [3.8, 4) is 0 Å². The molecular weight excluding hydrogens is 228 g/mol. The molecule has 1 heterocycles. The first-order valence-corrected chi connectivity index (χ1v) is 5.71. The lowest BCUT2D eigenvalue weighted by Crippen LogP contribution is -2.34. The van der Waals surface area contributed by atoms with Gasteiger partial charge in [0.2, 0.25) is 5.91 Å². The van der Waals surface area contributed by atoms with Crippen LogP contribution in [0.25, 0.3) is 0 Å². The fourth-order valence-electron chi connectivity index (χ4n) is 1.98. The van der Waals surface area contributed by atoms with Crippen LogP contribution in [-0.4, -0.2) is 43.7 Å². The Labute approximate surface area is 104 Å². The normalized spacial score (nSPS) is 21.7. The highest BCUT2D eigenvalue weighted by atomic mass is 35.5. The molecule has 2 unspecified atom stereocenters. The number of ether oxygens (including phenoxy) is 1. The lowest BCUT2D eigenvalue weighted by Gasteiger charge is -2.19. The Kier molecular flexibility index (Phi) is 7.72. The van der Waals surface area contributed by atoms with Crippen LogP contribution in [-0.2, 0) is 9.53 Å². The molecule has 2 atom stereocenters. The minimum absolute atomic E-state index is 0. The number of hydrogen-bond acceptors (Lipinski definition) is 3. The molecule has 0 aromatic heterocycles. The number of rotatable bonds is 5. The largest absolute Gasteiger partial charge is 0.380 e. The first-order valence-electron chi connectivity index (χ1n) is 5.71. The predicted molar refractivity (Wildman–Crippen MR) is 66.7 cm³/mol. The summed E-state index contributed by atoms with van der Waals surface area (Å²) in [6, 6.07) is 0. The first kappa shape index (κ1) is 15.7. The molecular formula is C11H23ClN2O2. The van der Waals surface area contributed by atoms with Gasteiger partial charge in [-0.1, -0.05) is 13.3 Å². The van der Waals surface area contributed by atoms with Crippen molar-refractivity contribution in [2.75, 3.05) is 26.7 Å². The molecule has 1 saturated heterocycles. The molecule has 1 aliphatic heterocycles. The van der Waals surface area contributed by atoms with Gasteiger partial charge in [-0.05, 0) is 12.3 Å².